The van der Waals surface area contributed by atoms with Crippen LogP contribution in [0.5, 0.6) is 0 Å². The van der Waals surface area contributed by atoms with Gasteiger partial charge in [0.15, 0.2) is 0 Å². The van der Waals surface area contributed by atoms with E-state index >= 15 is 0 Å². The van der Waals surface area contributed by atoms with Crippen LogP contribution in [0.4, 0.5) is 0 Å². The molecule has 0 N–H and O–H groups in total. The van der Waals surface area contributed by atoms with Crippen LogP contribution in [-0.2, 0) is 18.4 Å². The van der Waals surface area contributed by atoms with Crippen LogP contribution in [0.25, 0.3) is 0 Å². The molecule has 2 rings (SSSR count). The molecule has 0 saturated heterocycles. The molecule has 0 radical (unpaired) electrons. The van der Waals surface area contributed by atoms with Crippen LogP contribution in [-0.4, -0.2) is 43.8 Å². The van der Waals surface area contributed by atoms with E-state index in [0.717, 1.165) is 4.46 Å². The maximum atomic E-state index is 13.2. The fraction of sp³-hybridized carbons (Fsp3) is 0.429. The van der Waals surface area contributed by atoms with Crippen LogP contribution in [0.1, 0.15) is 31.1 Å². The number of Topliss-reactive ketones (excluding diaryl/α,β-unsaturated/α-hetero) is 2. The van der Waals surface area contributed by atoms with Gasteiger partial charge in [0, 0.05) is 0 Å². The third-order valence-electron chi connectivity index (χ3n) is 3.16. The minimum absolute atomic E-state index is 0.117. The Balaban J connectivity index is 2.62. The monoisotopic (exact) mass is 376 g/mol. The van der Waals surface area contributed by atoms with Crippen LogP contribution in [0.2, 0.25) is 0 Å². The Labute approximate surface area is 130 Å². The van der Waals surface area contributed by atoms with E-state index in [1.807, 2.05) is 0 Å². The van der Waals surface area contributed by atoms with E-state index in [0.29, 0.717) is 5.56 Å². The molecule has 0 spiro atoms. The summed E-state index contributed by atoms with van der Waals surface area (Å²) in [5.41, 5.74) is 0.451. The van der Waals surface area contributed by atoms with Crippen molar-refractivity contribution in [2.24, 2.45) is 0 Å². The summed E-state index contributed by atoms with van der Waals surface area (Å²) in [6, 6.07) is 6.98. The van der Waals surface area contributed by atoms with E-state index in [-0.39, 0.29) is 13.2 Å². The predicted octanol–water partition coefficient (Wildman–Crippen LogP) is 1.76. The van der Waals surface area contributed by atoms with E-state index in [2.05, 4.69) is 0 Å². The van der Waals surface area contributed by atoms with Gasteiger partial charge in [0.05, 0.1) is 0 Å². The second-order valence-electron chi connectivity index (χ2n) is 4.46. The van der Waals surface area contributed by atoms with Gasteiger partial charge in [-0.25, -0.2) is 0 Å². The average molecular weight is 375 g/mol. The van der Waals surface area contributed by atoms with Gasteiger partial charge >= 0.3 is 130 Å². The Bertz CT molecular complexity index is 620. The van der Waals surface area contributed by atoms with Crippen molar-refractivity contribution >= 4 is 38.6 Å². The molecule has 0 aliphatic carbocycles. The summed E-state index contributed by atoms with van der Waals surface area (Å²) in [6.45, 7) is 4.85. The predicted molar refractivity (Wildman–Crippen MR) is 80.4 cm³/mol. The number of rotatable bonds is 6. The summed E-state index contributed by atoms with van der Waals surface area (Å²) in [6.07, 6.45) is 0. The molecular formula is C14H17O5PSe. The van der Waals surface area contributed by atoms with Crippen molar-refractivity contribution in [2.75, 3.05) is 13.2 Å². The molecule has 1 aliphatic heterocycles. The quantitative estimate of drug-likeness (QED) is 0.431. The molecular weight excluding hydrogens is 358 g/mol. The van der Waals surface area contributed by atoms with E-state index in [1.54, 1.807) is 38.1 Å². The normalized spacial score (nSPS) is 21.4. The Kier molecular flexibility index (Phi) is 4.86. The van der Waals surface area contributed by atoms with Gasteiger partial charge < -0.3 is 0 Å². The molecule has 0 fully saturated rings. The zero-order chi connectivity index (χ0) is 15.7. The fourth-order valence-electron chi connectivity index (χ4n) is 2.30. The van der Waals surface area contributed by atoms with Crippen molar-refractivity contribution in [3.05, 3.63) is 29.8 Å². The van der Waals surface area contributed by atoms with E-state index in [9.17, 15) is 14.2 Å². The summed E-state index contributed by atoms with van der Waals surface area (Å²) in [4.78, 5) is 25.1. The molecule has 1 aromatic carbocycles. The van der Waals surface area contributed by atoms with Crippen LogP contribution >= 0.6 is 7.60 Å². The fourth-order valence-corrected chi connectivity index (χ4v) is 8.43. The van der Waals surface area contributed by atoms with Crippen LogP contribution in [0.15, 0.2) is 24.3 Å². The third kappa shape index (κ3) is 2.45. The Morgan fingerprint density at radius 1 is 1.24 bits per heavy atom. The summed E-state index contributed by atoms with van der Waals surface area (Å²) in [5, 5.41) is 0. The SMILES string of the molecule is CCOP(=O)(OCC)C1(C(C)=O)[Se]c2ccccc2C1=O. The molecule has 1 unspecified atom stereocenters. The molecule has 21 heavy (non-hydrogen) atoms. The van der Waals surface area contributed by atoms with Crippen LogP contribution < -0.4 is 4.46 Å². The zero-order valence-electron chi connectivity index (χ0n) is 12.1. The number of hydrogen-bond donors (Lipinski definition) is 0. The van der Waals surface area contributed by atoms with Gasteiger partial charge in [-0.3, -0.25) is 0 Å². The molecule has 0 aromatic heterocycles. The first-order chi connectivity index (χ1) is 9.93. The standard InChI is InChI=1S/C14H17O5PSe/c1-4-18-20(17,19-5-2)14(10(3)15)13(16)11-8-6-7-9-12(11)21-14/h6-9H,4-5H2,1-3H3. The van der Waals surface area contributed by atoms with E-state index < -0.39 is 38.2 Å². The number of carbonyl (C=O) groups excluding carboxylic acids is 2. The summed E-state index contributed by atoms with van der Waals surface area (Å²) >= 11 is -0.619. The third-order valence-corrected chi connectivity index (χ3v) is 10.3. The number of ketones is 2. The Morgan fingerprint density at radius 2 is 1.81 bits per heavy atom. The first-order valence-corrected chi connectivity index (χ1v) is 9.91. The molecule has 1 heterocycles. The van der Waals surface area contributed by atoms with E-state index in [1.165, 1.54) is 6.92 Å². The minimum atomic E-state index is -3.86. The Morgan fingerprint density at radius 3 is 2.29 bits per heavy atom. The van der Waals surface area contributed by atoms with Crippen molar-refractivity contribution < 1.29 is 23.2 Å². The second kappa shape index (κ2) is 6.15. The van der Waals surface area contributed by atoms with Gasteiger partial charge in [-0.2, -0.15) is 0 Å². The van der Waals surface area contributed by atoms with Crippen molar-refractivity contribution in [1.29, 1.82) is 0 Å². The van der Waals surface area contributed by atoms with Crippen LogP contribution in [0, 0.1) is 0 Å². The summed E-state index contributed by atoms with van der Waals surface area (Å²) in [7, 11) is -3.86. The molecule has 0 bridgehead atoms. The number of carbonyl (C=O) groups is 2. The molecule has 1 atom stereocenters. The number of fused-ring (bicyclic) bond motifs is 1. The summed E-state index contributed by atoms with van der Waals surface area (Å²) < 4.78 is 22.9. The number of hydrogen-bond acceptors (Lipinski definition) is 5. The molecule has 5 nitrogen and oxygen atoms in total. The molecule has 7 heteroatoms. The zero-order valence-corrected chi connectivity index (χ0v) is 14.7. The number of benzene rings is 1. The topological polar surface area (TPSA) is 69.7 Å². The van der Waals surface area contributed by atoms with Crippen molar-refractivity contribution in [3.63, 3.8) is 0 Å². The van der Waals surface area contributed by atoms with Gasteiger partial charge in [-0.1, -0.05) is 0 Å². The summed E-state index contributed by atoms with van der Waals surface area (Å²) in [5.74, 6) is -0.884. The van der Waals surface area contributed by atoms with Gasteiger partial charge in [0.25, 0.3) is 0 Å². The van der Waals surface area contributed by atoms with Gasteiger partial charge in [-0.15, -0.1) is 0 Å². The molecule has 1 aliphatic rings. The Hall–Kier alpha value is -0.771. The molecule has 0 amide bonds. The molecule has 0 saturated carbocycles. The first kappa shape index (κ1) is 16.6. The first-order valence-electron chi connectivity index (χ1n) is 6.66. The van der Waals surface area contributed by atoms with Gasteiger partial charge in [0.2, 0.25) is 0 Å². The van der Waals surface area contributed by atoms with E-state index in [4.69, 9.17) is 9.05 Å². The maximum absolute atomic E-state index is 13.2. The van der Waals surface area contributed by atoms with Crippen LogP contribution in [0.3, 0.4) is 0 Å². The van der Waals surface area contributed by atoms with Crippen molar-refractivity contribution in [1.82, 2.24) is 0 Å². The van der Waals surface area contributed by atoms with Gasteiger partial charge in [0.1, 0.15) is 0 Å². The van der Waals surface area contributed by atoms with Gasteiger partial charge in [-0.05, 0) is 0 Å². The van der Waals surface area contributed by atoms with Crippen molar-refractivity contribution in [2.45, 2.75) is 24.8 Å². The average Bonchev–Trinajstić information content (AvgIpc) is 2.75. The van der Waals surface area contributed by atoms with Crippen molar-refractivity contribution in [3.8, 4) is 0 Å². The molecule has 114 valence electrons. The second-order valence-corrected chi connectivity index (χ2v) is 9.96. The molecule has 1 aromatic rings.